The second-order valence-corrected chi connectivity index (χ2v) is 8.15. The molecule has 2 aliphatic carbocycles. The van der Waals surface area contributed by atoms with Crippen LogP contribution < -0.4 is 9.47 Å². The molecule has 1 unspecified atom stereocenters. The number of aliphatic hydroxyl groups excluding tert-OH is 5. The SMILES string of the molecule is OC(COc1cccc2c1C[C@@H](O)[C@@H](O)C2)COc1cccc2c1C[C@H](O)[C@H](O)C2. The van der Waals surface area contributed by atoms with Crippen LogP contribution >= 0.6 is 0 Å². The molecule has 7 nitrogen and oxygen atoms in total. The maximum atomic E-state index is 10.3. The average molecular weight is 416 g/mol. The van der Waals surface area contributed by atoms with Gasteiger partial charge in [-0.1, -0.05) is 24.3 Å². The lowest BCUT2D eigenvalue weighted by atomic mass is 9.87. The van der Waals surface area contributed by atoms with Gasteiger partial charge < -0.3 is 35.0 Å². The molecule has 0 amide bonds. The minimum Gasteiger partial charge on any atom is -0.490 e. The third-order valence-corrected chi connectivity index (χ3v) is 5.90. The van der Waals surface area contributed by atoms with Crippen molar-refractivity contribution >= 4 is 0 Å². The van der Waals surface area contributed by atoms with Crippen molar-refractivity contribution in [3.8, 4) is 11.5 Å². The molecule has 162 valence electrons. The fourth-order valence-electron chi connectivity index (χ4n) is 4.17. The molecule has 0 fully saturated rings. The molecule has 0 bridgehead atoms. The lowest BCUT2D eigenvalue weighted by Gasteiger charge is -2.28. The average Bonchev–Trinajstić information content (AvgIpc) is 2.72. The van der Waals surface area contributed by atoms with Crippen molar-refractivity contribution in [2.45, 2.75) is 56.2 Å². The monoisotopic (exact) mass is 416 g/mol. The third kappa shape index (κ3) is 4.45. The predicted molar refractivity (Wildman–Crippen MR) is 109 cm³/mol. The lowest BCUT2D eigenvalue weighted by Crippen LogP contribution is -2.35. The van der Waals surface area contributed by atoms with Crippen molar-refractivity contribution < 1.29 is 35.0 Å². The van der Waals surface area contributed by atoms with Crippen LogP contribution in [-0.4, -0.2) is 69.3 Å². The van der Waals surface area contributed by atoms with Gasteiger partial charge in [0.05, 0.1) is 24.4 Å². The molecule has 5 N–H and O–H groups in total. The van der Waals surface area contributed by atoms with Crippen LogP contribution in [0.2, 0.25) is 0 Å². The summed E-state index contributed by atoms with van der Waals surface area (Å²) in [6, 6.07) is 11.0. The van der Waals surface area contributed by atoms with Gasteiger partial charge in [0.15, 0.2) is 0 Å². The zero-order valence-electron chi connectivity index (χ0n) is 16.6. The van der Waals surface area contributed by atoms with Crippen molar-refractivity contribution in [2.24, 2.45) is 0 Å². The van der Waals surface area contributed by atoms with Gasteiger partial charge >= 0.3 is 0 Å². The van der Waals surface area contributed by atoms with Gasteiger partial charge in [0.2, 0.25) is 0 Å². The molecule has 4 rings (SSSR count). The van der Waals surface area contributed by atoms with E-state index in [0.717, 1.165) is 22.3 Å². The molecule has 2 aromatic carbocycles. The van der Waals surface area contributed by atoms with Crippen molar-refractivity contribution in [1.29, 1.82) is 0 Å². The molecule has 7 heteroatoms. The maximum Gasteiger partial charge on any atom is 0.123 e. The Morgan fingerprint density at radius 1 is 0.667 bits per heavy atom. The summed E-state index contributed by atoms with van der Waals surface area (Å²) in [6.07, 6.45) is -2.71. The molecule has 0 spiro atoms. The Bertz CT molecular complexity index is 812. The third-order valence-electron chi connectivity index (χ3n) is 5.90. The van der Waals surface area contributed by atoms with Crippen LogP contribution in [0.25, 0.3) is 0 Å². The van der Waals surface area contributed by atoms with Gasteiger partial charge in [-0.05, 0) is 23.3 Å². The zero-order valence-corrected chi connectivity index (χ0v) is 16.6. The lowest BCUT2D eigenvalue weighted by molar-refractivity contribution is 0.0122. The number of hydrogen-bond acceptors (Lipinski definition) is 7. The number of aliphatic hydroxyl groups is 5. The van der Waals surface area contributed by atoms with Crippen molar-refractivity contribution in [3.63, 3.8) is 0 Å². The van der Waals surface area contributed by atoms with Crippen molar-refractivity contribution in [3.05, 3.63) is 58.7 Å². The Morgan fingerprint density at radius 3 is 1.50 bits per heavy atom. The van der Waals surface area contributed by atoms with E-state index in [1.54, 1.807) is 12.1 Å². The largest absolute Gasteiger partial charge is 0.490 e. The fourth-order valence-corrected chi connectivity index (χ4v) is 4.17. The van der Waals surface area contributed by atoms with E-state index in [-0.39, 0.29) is 13.2 Å². The first-order valence-electron chi connectivity index (χ1n) is 10.3. The molecule has 0 aliphatic heterocycles. The van der Waals surface area contributed by atoms with E-state index < -0.39 is 30.5 Å². The number of benzene rings is 2. The number of fused-ring (bicyclic) bond motifs is 2. The quantitative estimate of drug-likeness (QED) is 0.455. The summed E-state index contributed by atoms with van der Waals surface area (Å²) in [6.45, 7) is 0.0386. The highest BCUT2D eigenvalue weighted by atomic mass is 16.5. The van der Waals surface area contributed by atoms with Crippen molar-refractivity contribution in [1.82, 2.24) is 0 Å². The topological polar surface area (TPSA) is 120 Å². The summed E-state index contributed by atoms with van der Waals surface area (Å²) in [7, 11) is 0. The second kappa shape index (κ2) is 8.91. The zero-order chi connectivity index (χ0) is 21.3. The Balaban J connectivity index is 1.36. The molecule has 0 heterocycles. The normalized spacial score (nSPS) is 26.4. The molecule has 0 saturated heterocycles. The summed E-state index contributed by atoms with van der Waals surface area (Å²) >= 11 is 0. The summed E-state index contributed by atoms with van der Waals surface area (Å²) in [4.78, 5) is 0. The first kappa shape index (κ1) is 21.1. The number of rotatable bonds is 6. The van der Waals surface area contributed by atoms with Gasteiger partial charge in [-0.2, -0.15) is 0 Å². The minimum absolute atomic E-state index is 0.0193. The van der Waals surface area contributed by atoms with E-state index in [9.17, 15) is 25.5 Å². The number of ether oxygens (including phenoxy) is 2. The van der Waals surface area contributed by atoms with E-state index in [2.05, 4.69) is 0 Å². The van der Waals surface area contributed by atoms with Gasteiger partial charge in [-0.15, -0.1) is 0 Å². The summed E-state index contributed by atoms with van der Waals surface area (Å²) in [5.74, 6) is 1.18. The molecule has 0 radical (unpaired) electrons. The molecular weight excluding hydrogens is 388 g/mol. The Hall–Kier alpha value is -2.16. The van der Waals surface area contributed by atoms with Crippen LogP contribution in [-0.2, 0) is 25.7 Å². The minimum atomic E-state index is -0.880. The predicted octanol–water partition coefficient (Wildman–Crippen LogP) is 0.146. The molecular formula is C23H28O7. The van der Waals surface area contributed by atoms with Gasteiger partial charge in [-0.25, -0.2) is 0 Å². The van der Waals surface area contributed by atoms with Crippen LogP contribution in [0.1, 0.15) is 22.3 Å². The first-order chi connectivity index (χ1) is 14.4. The maximum absolute atomic E-state index is 10.3. The Kier molecular flexibility index (Phi) is 6.26. The van der Waals surface area contributed by atoms with Gasteiger partial charge in [0.1, 0.15) is 30.8 Å². The highest BCUT2D eigenvalue weighted by Gasteiger charge is 2.28. The molecule has 2 aromatic rings. The second-order valence-electron chi connectivity index (χ2n) is 8.15. The molecule has 30 heavy (non-hydrogen) atoms. The smallest absolute Gasteiger partial charge is 0.123 e. The molecule has 5 atom stereocenters. The molecule has 0 saturated carbocycles. The standard InChI is InChI=1S/C23H28O7/c24-15(11-29-22-5-1-3-13-7-18(25)20(27)9-16(13)22)12-30-23-6-2-4-14-8-19(26)21(28)10-17(14)23/h1-6,15,18-21,24-28H,7-12H2/t15?,18-,19+,20+,21-. The first-order valence-corrected chi connectivity index (χ1v) is 10.3. The van der Waals surface area contributed by atoms with E-state index >= 15 is 0 Å². The number of hydrogen-bond donors (Lipinski definition) is 5. The fraction of sp³-hybridized carbons (Fsp3) is 0.478. The summed E-state index contributed by atoms with van der Waals surface area (Å²) < 4.78 is 11.6. The van der Waals surface area contributed by atoms with E-state index in [4.69, 9.17) is 9.47 Å². The summed E-state index contributed by atoms with van der Waals surface area (Å²) in [5, 5.41) is 50.0. The van der Waals surface area contributed by atoms with E-state index in [0.29, 0.717) is 37.2 Å². The van der Waals surface area contributed by atoms with Crippen LogP contribution in [0.5, 0.6) is 11.5 Å². The van der Waals surface area contributed by atoms with Crippen LogP contribution in [0.3, 0.4) is 0 Å². The molecule has 2 aliphatic rings. The van der Waals surface area contributed by atoms with Crippen molar-refractivity contribution in [2.75, 3.05) is 13.2 Å². The van der Waals surface area contributed by atoms with E-state index in [1.807, 2.05) is 24.3 Å². The van der Waals surface area contributed by atoms with E-state index in [1.165, 1.54) is 0 Å². The Labute approximate surface area is 175 Å². The van der Waals surface area contributed by atoms with Gasteiger partial charge in [0.25, 0.3) is 0 Å². The van der Waals surface area contributed by atoms with Gasteiger partial charge in [0, 0.05) is 36.8 Å². The van der Waals surface area contributed by atoms with Gasteiger partial charge in [-0.3, -0.25) is 0 Å². The van der Waals surface area contributed by atoms with Crippen LogP contribution in [0.15, 0.2) is 36.4 Å². The van der Waals surface area contributed by atoms with Crippen LogP contribution in [0, 0.1) is 0 Å². The highest BCUT2D eigenvalue weighted by Crippen LogP contribution is 2.31. The highest BCUT2D eigenvalue weighted by molar-refractivity contribution is 5.44. The Morgan fingerprint density at radius 2 is 1.07 bits per heavy atom. The summed E-state index contributed by atoms with van der Waals surface area (Å²) in [5.41, 5.74) is 3.58. The molecule has 0 aromatic heterocycles. The van der Waals surface area contributed by atoms with Crippen LogP contribution in [0.4, 0.5) is 0 Å².